The van der Waals surface area contributed by atoms with Gasteiger partial charge in [0.25, 0.3) is 0 Å². The van der Waals surface area contributed by atoms with Crippen LogP contribution in [0.15, 0.2) is 28.7 Å². The molecule has 1 saturated carbocycles. The Morgan fingerprint density at radius 2 is 2.00 bits per heavy atom. The monoisotopic (exact) mass is 418 g/mol. The Balaban J connectivity index is 1.57. The zero-order valence-corrected chi connectivity index (χ0v) is 18.4. The minimum Gasteiger partial charge on any atom is -0.497 e. The molecule has 0 radical (unpaired) electrons. The molecule has 4 atom stereocenters. The molecule has 0 bridgehead atoms. The number of hydrogen-bond donors (Lipinski definition) is 1. The van der Waals surface area contributed by atoms with Gasteiger partial charge in [-0.25, -0.2) is 4.98 Å². The summed E-state index contributed by atoms with van der Waals surface area (Å²) in [6.45, 7) is 6.22. The van der Waals surface area contributed by atoms with Crippen LogP contribution in [-0.2, 0) is 21.3 Å². The van der Waals surface area contributed by atoms with Crippen LogP contribution in [0.2, 0.25) is 0 Å². The number of aryl methyl sites for hydroxylation is 1. The summed E-state index contributed by atoms with van der Waals surface area (Å²) in [7, 11) is 0.276. The van der Waals surface area contributed by atoms with Crippen molar-refractivity contribution in [1.29, 1.82) is 0 Å². The highest BCUT2D eigenvalue weighted by Gasteiger charge is 2.28. The van der Waals surface area contributed by atoms with Crippen LogP contribution in [0.1, 0.15) is 44.6 Å². The molecule has 158 valence electrons. The van der Waals surface area contributed by atoms with Gasteiger partial charge in [0.1, 0.15) is 17.3 Å². The first-order valence-electron chi connectivity index (χ1n) is 10.1. The van der Waals surface area contributed by atoms with Gasteiger partial charge in [0.15, 0.2) is 0 Å². The molecule has 1 aromatic heterocycles. The summed E-state index contributed by atoms with van der Waals surface area (Å²) in [5, 5.41) is 3.08. The third-order valence-corrected chi connectivity index (χ3v) is 7.05. The van der Waals surface area contributed by atoms with Gasteiger partial charge in [-0.2, -0.15) is 0 Å². The zero-order chi connectivity index (χ0) is 21.0. The molecular formula is C22H30N2O4S. The van der Waals surface area contributed by atoms with Gasteiger partial charge in [0.05, 0.1) is 18.6 Å². The number of benzene rings is 1. The topological polar surface area (TPSA) is 81.4 Å². The van der Waals surface area contributed by atoms with E-state index in [9.17, 15) is 9.00 Å². The Morgan fingerprint density at radius 1 is 1.28 bits per heavy atom. The van der Waals surface area contributed by atoms with Crippen molar-refractivity contribution in [2.24, 2.45) is 11.8 Å². The summed E-state index contributed by atoms with van der Waals surface area (Å²) in [5.74, 6) is 2.96. The van der Waals surface area contributed by atoms with E-state index < -0.39 is 10.8 Å². The number of oxazole rings is 1. The second-order valence-electron chi connectivity index (χ2n) is 7.92. The molecule has 0 spiro atoms. The first-order valence-corrected chi connectivity index (χ1v) is 11.6. The van der Waals surface area contributed by atoms with E-state index in [0.717, 1.165) is 24.2 Å². The van der Waals surface area contributed by atoms with E-state index >= 15 is 0 Å². The van der Waals surface area contributed by atoms with E-state index in [-0.39, 0.29) is 23.5 Å². The summed E-state index contributed by atoms with van der Waals surface area (Å²) in [4.78, 5) is 16.9. The number of amides is 1. The van der Waals surface area contributed by atoms with Gasteiger partial charge in [-0.15, -0.1) is 0 Å². The zero-order valence-electron chi connectivity index (χ0n) is 17.6. The number of ether oxygens (including phenoxy) is 1. The molecule has 1 aromatic carbocycles. The lowest BCUT2D eigenvalue weighted by Gasteiger charge is -2.34. The van der Waals surface area contributed by atoms with Crippen LogP contribution in [0, 0.1) is 18.8 Å². The van der Waals surface area contributed by atoms with E-state index in [2.05, 4.69) is 24.1 Å². The third kappa shape index (κ3) is 5.47. The molecule has 1 heterocycles. The van der Waals surface area contributed by atoms with E-state index in [1.54, 1.807) is 14.0 Å². The molecule has 2 aromatic rings. The van der Waals surface area contributed by atoms with Crippen LogP contribution in [0.4, 0.5) is 0 Å². The van der Waals surface area contributed by atoms with Crippen molar-refractivity contribution in [3.05, 3.63) is 35.7 Å². The lowest BCUT2D eigenvalue weighted by Crippen LogP contribution is -2.45. The summed E-state index contributed by atoms with van der Waals surface area (Å²) < 4.78 is 23.4. The summed E-state index contributed by atoms with van der Waals surface area (Å²) in [6, 6.07) is 7.59. The first kappa shape index (κ1) is 21.6. The molecule has 3 rings (SSSR count). The summed E-state index contributed by atoms with van der Waals surface area (Å²) in [5.41, 5.74) is 1.45. The first-order chi connectivity index (χ1) is 13.9. The molecule has 0 aliphatic heterocycles. The highest BCUT2D eigenvalue weighted by atomic mass is 32.2. The SMILES string of the molecule is COc1ccc(-c2nc(C[S@@](=O)CC(=O)N[C@@H]3CCC[C@@H](C)[C@@H]3C)c(C)o2)cc1. The van der Waals surface area contributed by atoms with Crippen molar-refractivity contribution in [3.63, 3.8) is 0 Å². The highest BCUT2D eigenvalue weighted by Crippen LogP contribution is 2.29. The summed E-state index contributed by atoms with van der Waals surface area (Å²) in [6.07, 6.45) is 3.34. The average Bonchev–Trinajstić information content (AvgIpc) is 3.05. The molecule has 1 amide bonds. The van der Waals surface area contributed by atoms with Crippen molar-refractivity contribution in [2.75, 3.05) is 12.9 Å². The number of methoxy groups -OCH3 is 1. The van der Waals surface area contributed by atoms with Gasteiger partial charge < -0.3 is 14.5 Å². The average molecular weight is 419 g/mol. The fourth-order valence-electron chi connectivity index (χ4n) is 3.80. The van der Waals surface area contributed by atoms with Gasteiger partial charge in [-0.1, -0.05) is 26.7 Å². The van der Waals surface area contributed by atoms with Crippen LogP contribution in [0.5, 0.6) is 5.75 Å². The number of carbonyl (C=O) groups is 1. The standard InChI is InChI=1S/C22H30N2O4S/c1-14-6-5-7-19(15(14)2)23-21(25)13-29(26)12-20-16(3)28-22(24-20)17-8-10-18(27-4)11-9-17/h8-11,14-15,19H,5-7,12-13H2,1-4H3,(H,23,25)/t14-,15+,19-,29-/m1/s1. The fourth-order valence-corrected chi connectivity index (χ4v) is 4.85. The Morgan fingerprint density at radius 3 is 2.69 bits per heavy atom. The Kier molecular flexibility index (Phi) is 7.11. The van der Waals surface area contributed by atoms with Crippen LogP contribution in [0.3, 0.4) is 0 Å². The molecule has 1 aliphatic carbocycles. The molecule has 0 unspecified atom stereocenters. The Labute approximate surface area is 174 Å². The summed E-state index contributed by atoms with van der Waals surface area (Å²) >= 11 is 0. The number of aromatic nitrogens is 1. The molecule has 6 nitrogen and oxygen atoms in total. The smallest absolute Gasteiger partial charge is 0.232 e. The highest BCUT2D eigenvalue weighted by molar-refractivity contribution is 7.84. The number of carbonyl (C=O) groups excluding carboxylic acids is 1. The minimum absolute atomic E-state index is 0.0121. The number of hydrogen-bond acceptors (Lipinski definition) is 5. The van der Waals surface area contributed by atoms with E-state index in [1.807, 2.05) is 24.3 Å². The molecule has 1 aliphatic rings. The molecule has 1 fully saturated rings. The van der Waals surface area contributed by atoms with E-state index in [1.165, 1.54) is 6.42 Å². The van der Waals surface area contributed by atoms with Gasteiger partial charge >= 0.3 is 0 Å². The fraction of sp³-hybridized carbons (Fsp3) is 0.545. The molecule has 29 heavy (non-hydrogen) atoms. The van der Waals surface area contributed by atoms with Crippen molar-refractivity contribution in [1.82, 2.24) is 10.3 Å². The maximum Gasteiger partial charge on any atom is 0.232 e. The van der Waals surface area contributed by atoms with Crippen molar-refractivity contribution < 1.29 is 18.2 Å². The molecular weight excluding hydrogens is 388 g/mol. The van der Waals surface area contributed by atoms with Crippen molar-refractivity contribution >= 4 is 16.7 Å². The number of nitrogens with zero attached hydrogens (tertiary/aromatic N) is 1. The number of nitrogens with one attached hydrogen (secondary N) is 1. The van der Waals surface area contributed by atoms with Crippen molar-refractivity contribution in [2.45, 2.75) is 51.8 Å². The molecule has 1 N–H and O–H groups in total. The largest absolute Gasteiger partial charge is 0.497 e. The number of rotatable bonds is 7. The lowest BCUT2D eigenvalue weighted by molar-refractivity contribution is -0.120. The maximum absolute atomic E-state index is 12.5. The van der Waals surface area contributed by atoms with Crippen LogP contribution < -0.4 is 10.1 Å². The van der Waals surface area contributed by atoms with Crippen LogP contribution in [-0.4, -0.2) is 34.0 Å². The third-order valence-electron chi connectivity index (χ3n) is 5.87. The van der Waals surface area contributed by atoms with E-state index in [4.69, 9.17) is 9.15 Å². The second-order valence-corrected chi connectivity index (χ2v) is 9.38. The maximum atomic E-state index is 12.5. The van der Waals surface area contributed by atoms with Crippen LogP contribution in [0.25, 0.3) is 11.5 Å². The Bertz CT molecular complexity index is 862. The van der Waals surface area contributed by atoms with E-state index in [0.29, 0.717) is 29.2 Å². The second kappa shape index (κ2) is 9.57. The molecule has 0 saturated heterocycles. The quantitative estimate of drug-likeness (QED) is 0.739. The lowest BCUT2D eigenvalue weighted by atomic mass is 9.78. The normalized spacial score (nSPS) is 22.8. The van der Waals surface area contributed by atoms with Crippen molar-refractivity contribution in [3.8, 4) is 17.2 Å². The van der Waals surface area contributed by atoms with Gasteiger partial charge in [0, 0.05) is 22.4 Å². The van der Waals surface area contributed by atoms with Gasteiger partial charge in [0.2, 0.25) is 11.8 Å². The Hall–Kier alpha value is -2.15. The molecule has 7 heteroatoms. The van der Waals surface area contributed by atoms with Gasteiger partial charge in [-0.3, -0.25) is 9.00 Å². The van der Waals surface area contributed by atoms with Gasteiger partial charge in [-0.05, 0) is 49.4 Å². The minimum atomic E-state index is -1.34. The predicted molar refractivity (Wildman–Crippen MR) is 114 cm³/mol. The predicted octanol–water partition coefficient (Wildman–Crippen LogP) is 3.85. The van der Waals surface area contributed by atoms with Crippen LogP contribution >= 0.6 is 0 Å².